The summed E-state index contributed by atoms with van der Waals surface area (Å²) in [5.41, 5.74) is 3.01. The average Bonchev–Trinajstić information content (AvgIpc) is 3.26. The van der Waals surface area contributed by atoms with Crippen molar-refractivity contribution in [1.82, 2.24) is 14.8 Å². The first kappa shape index (κ1) is 18.8. The van der Waals surface area contributed by atoms with Crippen molar-refractivity contribution >= 4 is 16.7 Å². The number of hydrogen-bond acceptors (Lipinski definition) is 5. The van der Waals surface area contributed by atoms with Crippen LogP contribution in [0.5, 0.6) is 11.5 Å². The van der Waals surface area contributed by atoms with E-state index in [0.29, 0.717) is 6.54 Å². The van der Waals surface area contributed by atoms with E-state index in [2.05, 4.69) is 29.5 Å². The molecule has 0 aliphatic rings. The molecule has 0 aliphatic heterocycles. The van der Waals surface area contributed by atoms with Crippen LogP contribution in [0.1, 0.15) is 17.2 Å². The fraction of sp³-hybridized carbons (Fsp3) is 0.217. The molecule has 1 N–H and O–H groups in total. The molecule has 0 bridgehead atoms. The summed E-state index contributed by atoms with van der Waals surface area (Å²) in [6.07, 6.45) is 3.75. The predicted molar refractivity (Wildman–Crippen MR) is 115 cm³/mol. The van der Waals surface area contributed by atoms with Crippen molar-refractivity contribution in [3.8, 4) is 11.5 Å². The first-order chi connectivity index (χ1) is 14.2. The molecule has 0 aliphatic carbocycles. The van der Waals surface area contributed by atoms with Gasteiger partial charge in [-0.25, -0.2) is 4.98 Å². The number of fused-ring (bicyclic) bond motifs is 1. The summed E-state index contributed by atoms with van der Waals surface area (Å²) in [5, 5.41) is 8.91. The molecule has 6 nitrogen and oxygen atoms in total. The topological polar surface area (TPSA) is 61.2 Å². The fourth-order valence-electron chi connectivity index (χ4n) is 3.58. The zero-order valence-corrected chi connectivity index (χ0v) is 16.8. The third-order valence-corrected chi connectivity index (χ3v) is 4.98. The molecule has 2 aromatic heterocycles. The zero-order valence-electron chi connectivity index (χ0n) is 16.8. The third kappa shape index (κ3) is 3.87. The molecular weight excluding hydrogens is 364 g/mol. The summed E-state index contributed by atoms with van der Waals surface area (Å²) >= 11 is 0. The average molecular weight is 388 g/mol. The second-order valence-corrected chi connectivity index (χ2v) is 6.85. The highest BCUT2D eigenvalue weighted by Crippen LogP contribution is 2.36. The second kappa shape index (κ2) is 8.22. The molecule has 0 radical (unpaired) electrons. The minimum Gasteiger partial charge on any atom is -0.496 e. The van der Waals surface area contributed by atoms with Crippen LogP contribution in [-0.2, 0) is 6.54 Å². The van der Waals surface area contributed by atoms with Crippen LogP contribution in [0.2, 0.25) is 0 Å². The van der Waals surface area contributed by atoms with E-state index in [1.54, 1.807) is 20.4 Å². The van der Waals surface area contributed by atoms with E-state index < -0.39 is 0 Å². The number of ether oxygens (including phenoxy) is 2. The third-order valence-electron chi connectivity index (χ3n) is 4.98. The normalized spacial score (nSPS) is 12.0. The number of nitrogens with one attached hydrogen (secondary N) is 1. The Morgan fingerprint density at radius 3 is 2.45 bits per heavy atom. The summed E-state index contributed by atoms with van der Waals surface area (Å²) < 4.78 is 13.0. The van der Waals surface area contributed by atoms with Crippen molar-refractivity contribution < 1.29 is 9.47 Å². The maximum Gasteiger partial charge on any atom is 0.145 e. The summed E-state index contributed by atoms with van der Waals surface area (Å²) in [7, 11) is 3.32. The van der Waals surface area contributed by atoms with E-state index in [0.717, 1.165) is 33.8 Å². The first-order valence-electron chi connectivity index (χ1n) is 9.51. The van der Waals surface area contributed by atoms with E-state index in [1.165, 1.54) is 5.56 Å². The van der Waals surface area contributed by atoms with Crippen molar-refractivity contribution in [1.29, 1.82) is 0 Å². The van der Waals surface area contributed by atoms with Gasteiger partial charge in [-0.2, -0.15) is 5.10 Å². The number of hydrogen-bond donors (Lipinski definition) is 1. The Labute approximate surface area is 170 Å². The second-order valence-electron chi connectivity index (χ2n) is 6.85. The molecule has 148 valence electrons. The van der Waals surface area contributed by atoms with Gasteiger partial charge in [0, 0.05) is 17.8 Å². The van der Waals surface area contributed by atoms with Gasteiger partial charge in [0.05, 0.1) is 26.8 Å². The molecular formula is C23H24N4O2. The standard InChI is InChI=1S/C23H24N4O2/c1-16-14-21(26-23-20(29-3)11-10-19(28-2)22(16)23)25-18(15-27-13-7-12-24-27)17-8-5-4-6-9-17/h4-14,18H,15H2,1-3H3,(H,25,26). The molecule has 4 rings (SSSR count). The predicted octanol–water partition coefficient (Wildman–Crippen LogP) is 4.61. The van der Waals surface area contributed by atoms with Crippen LogP contribution in [0.15, 0.2) is 67.0 Å². The van der Waals surface area contributed by atoms with Crippen LogP contribution < -0.4 is 14.8 Å². The SMILES string of the molecule is COc1ccc(OC)c2c(C)cc(NC(Cn3cccn3)c3ccccc3)nc12. The highest BCUT2D eigenvalue weighted by molar-refractivity contribution is 5.94. The molecule has 0 spiro atoms. The smallest absolute Gasteiger partial charge is 0.145 e. The van der Waals surface area contributed by atoms with Crippen molar-refractivity contribution in [2.45, 2.75) is 19.5 Å². The highest BCUT2D eigenvalue weighted by Gasteiger charge is 2.17. The summed E-state index contributed by atoms with van der Waals surface area (Å²) in [6, 6.07) is 18.1. The molecule has 2 aromatic carbocycles. The van der Waals surface area contributed by atoms with Crippen LogP contribution in [0.25, 0.3) is 10.9 Å². The summed E-state index contributed by atoms with van der Waals surface area (Å²) in [5.74, 6) is 2.28. The number of methoxy groups -OCH3 is 2. The largest absolute Gasteiger partial charge is 0.496 e. The van der Waals surface area contributed by atoms with E-state index in [-0.39, 0.29) is 6.04 Å². The minimum absolute atomic E-state index is 0.0112. The van der Waals surface area contributed by atoms with Crippen LogP contribution in [0.3, 0.4) is 0 Å². The Morgan fingerprint density at radius 1 is 1.00 bits per heavy atom. The minimum atomic E-state index is 0.0112. The van der Waals surface area contributed by atoms with Gasteiger partial charge in [0.2, 0.25) is 0 Å². The molecule has 1 atom stereocenters. The molecule has 0 fully saturated rings. The van der Waals surface area contributed by atoms with Crippen molar-refractivity contribution in [3.63, 3.8) is 0 Å². The molecule has 6 heteroatoms. The van der Waals surface area contributed by atoms with E-state index in [1.807, 2.05) is 53.3 Å². The molecule has 1 unspecified atom stereocenters. The molecule has 0 saturated carbocycles. The Bertz CT molecular complexity index is 1100. The summed E-state index contributed by atoms with van der Waals surface area (Å²) in [6.45, 7) is 2.74. The van der Waals surface area contributed by atoms with E-state index in [4.69, 9.17) is 14.5 Å². The van der Waals surface area contributed by atoms with Crippen molar-refractivity contribution in [3.05, 3.63) is 78.1 Å². The number of pyridine rings is 1. The van der Waals surface area contributed by atoms with Gasteiger partial charge < -0.3 is 14.8 Å². The van der Waals surface area contributed by atoms with E-state index >= 15 is 0 Å². The Morgan fingerprint density at radius 2 is 1.76 bits per heavy atom. The maximum atomic E-state index is 5.55. The van der Waals surface area contributed by atoms with Gasteiger partial charge in [-0.1, -0.05) is 30.3 Å². The zero-order chi connectivity index (χ0) is 20.2. The number of aryl methyl sites for hydroxylation is 1. The van der Waals surface area contributed by atoms with Crippen molar-refractivity contribution in [2.24, 2.45) is 0 Å². The van der Waals surface area contributed by atoms with Gasteiger partial charge in [0.25, 0.3) is 0 Å². The van der Waals surface area contributed by atoms with Gasteiger partial charge in [-0.3, -0.25) is 4.68 Å². The van der Waals surface area contributed by atoms with Gasteiger partial charge >= 0.3 is 0 Å². The van der Waals surface area contributed by atoms with Crippen LogP contribution in [-0.4, -0.2) is 29.0 Å². The molecule has 2 heterocycles. The monoisotopic (exact) mass is 388 g/mol. The van der Waals surface area contributed by atoms with Crippen LogP contribution in [0.4, 0.5) is 5.82 Å². The lowest BCUT2D eigenvalue weighted by Crippen LogP contribution is -2.18. The van der Waals surface area contributed by atoms with Crippen LogP contribution in [0, 0.1) is 6.92 Å². The number of nitrogens with zero attached hydrogens (tertiary/aromatic N) is 3. The molecule has 0 amide bonds. The molecule has 0 saturated heterocycles. The van der Waals surface area contributed by atoms with Gasteiger partial charge in [0.1, 0.15) is 22.8 Å². The quantitative estimate of drug-likeness (QED) is 0.501. The molecule has 4 aromatic rings. The highest BCUT2D eigenvalue weighted by atomic mass is 16.5. The summed E-state index contributed by atoms with van der Waals surface area (Å²) in [4.78, 5) is 4.86. The van der Waals surface area contributed by atoms with Crippen LogP contribution >= 0.6 is 0 Å². The lowest BCUT2D eigenvalue weighted by molar-refractivity contribution is 0.409. The fourth-order valence-corrected chi connectivity index (χ4v) is 3.58. The van der Waals surface area contributed by atoms with E-state index in [9.17, 15) is 0 Å². The lowest BCUT2D eigenvalue weighted by atomic mass is 10.1. The number of anilines is 1. The van der Waals surface area contributed by atoms with Gasteiger partial charge in [-0.05, 0) is 42.3 Å². The Hall–Kier alpha value is -3.54. The molecule has 29 heavy (non-hydrogen) atoms. The number of rotatable bonds is 7. The first-order valence-corrected chi connectivity index (χ1v) is 9.51. The maximum absolute atomic E-state index is 5.55. The Balaban J connectivity index is 1.76. The number of aromatic nitrogens is 3. The van der Waals surface area contributed by atoms with Gasteiger partial charge in [0.15, 0.2) is 0 Å². The Kier molecular flexibility index (Phi) is 5.33. The van der Waals surface area contributed by atoms with Crippen molar-refractivity contribution in [2.75, 3.05) is 19.5 Å². The van der Waals surface area contributed by atoms with Gasteiger partial charge in [-0.15, -0.1) is 0 Å². The number of benzene rings is 2. The lowest BCUT2D eigenvalue weighted by Gasteiger charge is -2.21.